The van der Waals surface area contributed by atoms with Crippen molar-refractivity contribution in [2.45, 2.75) is 77.4 Å². The third kappa shape index (κ3) is 5.28. The highest BCUT2D eigenvalue weighted by atomic mass is 32.1. The van der Waals surface area contributed by atoms with Crippen molar-refractivity contribution in [3.8, 4) is 0 Å². The predicted molar refractivity (Wildman–Crippen MR) is 153 cm³/mol. The van der Waals surface area contributed by atoms with Gasteiger partial charge in [-0.3, -0.25) is 9.78 Å². The average molecular weight is 516 g/mol. The molecule has 1 aromatic carbocycles. The topological polar surface area (TPSA) is 62.2 Å². The number of rotatable bonds is 7. The fraction of sp³-hybridized carbons (Fsp3) is 0.433. The number of pyridine rings is 1. The van der Waals surface area contributed by atoms with Gasteiger partial charge in [0.25, 0.3) is 0 Å². The summed E-state index contributed by atoms with van der Waals surface area (Å²) in [6.07, 6.45) is 8.59. The van der Waals surface area contributed by atoms with Crippen LogP contribution in [0, 0.1) is 20.8 Å². The fourth-order valence-electron chi connectivity index (χ4n) is 6.14. The first-order chi connectivity index (χ1) is 17.9. The highest BCUT2D eigenvalue weighted by Gasteiger charge is 2.41. The van der Waals surface area contributed by atoms with E-state index in [1.807, 2.05) is 49.5 Å². The van der Waals surface area contributed by atoms with Gasteiger partial charge in [-0.15, -0.1) is 0 Å². The normalized spacial score (nSPS) is 20.2. The highest BCUT2D eigenvalue weighted by Crippen LogP contribution is 2.42. The second-order valence-electron chi connectivity index (χ2n) is 10.4. The number of carbonyl (C=O) groups excluding carboxylic acids is 1. The lowest BCUT2D eigenvalue weighted by molar-refractivity contribution is -0.116. The van der Waals surface area contributed by atoms with E-state index in [1.165, 1.54) is 49.1 Å². The number of nitrogens with one attached hydrogen (secondary N) is 2. The SMILES string of the molecule is Cc1ccccc1NC(=O)CCN1C(=S)N[C@H](c2ccccn2)[C@@H]1c1cc(C)n(C2CCCCC2)c1C. The van der Waals surface area contributed by atoms with Gasteiger partial charge in [0.2, 0.25) is 5.91 Å². The van der Waals surface area contributed by atoms with Crippen molar-refractivity contribution in [3.05, 3.63) is 82.9 Å². The van der Waals surface area contributed by atoms with Crippen molar-refractivity contribution in [1.29, 1.82) is 0 Å². The van der Waals surface area contributed by atoms with E-state index in [0.717, 1.165) is 16.9 Å². The van der Waals surface area contributed by atoms with E-state index in [2.05, 4.69) is 51.1 Å². The molecule has 1 aliphatic heterocycles. The zero-order chi connectivity index (χ0) is 25.9. The molecule has 1 saturated carbocycles. The summed E-state index contributed by atoms with van der Waals surface area (Å²) in [4.78, 5) is 19.8. The molecule has 0 spiro atoms. The van der Waals surface area contributed by atoms with Crippen LogP contribution in [0.4, 0.5) is 5.69 Å². The number of hydrogen-bond donors (Lipinski definition) is 2. The molecule has 2 aliphatic rings. The average Bonchev–Trinajstić information content (AvgIpc) is 3.39. The second kappa shape index (κ2) is 11.1. The largest absolute Gasteiger partial charge is 0.352 e. The maximum atomic E-state index is 12.9. The van der Waals surface area contributed by atoms with Crippen LogP contribution in [0.1, 0.15) is 84.9 Å². The van der Waals surface area contributed by atoms with E-state index in [-0.39, 0.29) is 18.0 Å². The minimum atomic E-state index is -0.0755. The van der Waals surface area contributed by atoms with Crippen molar-refractivity contribution in [2.24, 2.45) is 0 Å². The number of thiocarbonyl (C=S) groups is 1. The van der Waals surface area contributed by atoms with Crippen LogP contribution >= 0.6 is 12.2 Å². The summed E-state index contributed by atoms with van der Waals surface area (Å²) in [6, 6.07) is 16.7. The van der Waals surface area contributed by atoms with Crippen LogP contribution in [0.25, 0.3) is 0 Å². The highest BCUT2D eigenvalue weighted by molar-refractivity contribution is 7.80. The number of benzene rings is 1. The van der Waals surface area contributed by atoms with Crippen molar-refractivity contribution in [2.75, 3.05) is 11.9 Å². The van der Waals surface area contributed by atoms with Crippen LogP contribution in [0.15, 0.2) is 54.7 Å². The fourth-order valence-corrected chi connectivity index (χ4v) is 6.47. The van der Waals surface area contributed by atoms with Gasteiger partial charge in [-0.25, -0.2) is 0 Å². The molecule has 0 unspecified atom stereocenters. The van der Waals surface area contributed by atoms with Gasteiger partial charge in [0.15, 0.2) is 5.11 Å². The van der Waals surface area contributed by atoms with Gasteiger partial charge in [-0.2, -0.15) is 0 Å². The molecule has 1 amide bonds. The second-order valence-corrected chi connectivity index (χ2v) is 10.8. The summed E-state index contributed by atoms with van der Waals surface area (Å²) < 4.78 is 2.55. The van der Waals surface area contributed by atoms with Crippen LogP contribution in [0.5, 0.6) is 0 Å². The van der Waals surface area contributed by atoms with Gasteiger partial charge in [0, 0.05) is 42.3 Å². The van der Waals surface area contributed by atoms with Gasteiger partial charge in [-0.1, -0.05) is 43.5 Å². The molecule has 2 fully saturated rings. The molecule has 2 N–H and O–H groups in total. The Morgan fingerprint density at radius 1 is 1.08 bits per heavy atom. The molecule has 3 aromatic rings. The Bertz CT molecular complexity index is 1260. The Morgan fingerprint density at radius 2 is 1.84 bits per heavy atom. The number of aromatic nitrogens is 2. The summed E-state index contributed by atoms with van der Waals surface area (Å²) in [5.74, 6) is -0.00943. The zero-order valence-corrected chi connectivity index (χ0v) is 22.9. The van der Waals surface area contributed by atoms with Crippen LogP contribution in [-0.4, -0.2) is 32.0 Å². The van der Waals surface area contributed by atoms with Crippen molar-refractivity contribution in [3.63, 3.8) is 0 Å². The molecule has 1 saturated heterocycles. The monoisotopic (exact) mass is 515 g/mol. The third-order valence-corrected chi connectivity index (χ3v) is 8.33. The number of anilines is 1. The van der Waals surface area contributed by atoms with Gasteiger partial charge >= 0.3 is 0 Å². The smallest absolute Gasteiger partial charge is 0.226 e. The number of para-hydroxylation sites is 1. The molecule has 7 heteroatoms. The van der Waals surface area contributed by atoms with E-state index in [0.29, 0.717) is 24.1 Å². The molecule has 6 nitrogen and oxygen atoms in total. The Balaban J connectivity index is 1.43. The Kier molecular flexibility index (Phi) is 7.60. The van der Waals surface area contributed by atoms with Gasteiger partial charge in [0.05, 0.1) is 17.8 Å². The molecule has 5 rings (SSSR count). The van der Waals surface area contributed by atoms with Crippen LogP contribution in [-0.2, 0) is 4.79 Å². The van der Waals surface area contributed by atoms with E-state index < -0.39 is 0 Å². The molecule has 3 heterocycles. The van der Waals surface area contributed by atoms with Crippen molar-refractivity contribution < 1.29 is 4.79 Å². The zero-order valence-electron chi connectivity index (χ0n) is 22.0. The number of hydrogen-bond acceptors (Lipinski definition) is 3. The molecule has 0 radical (unpaired) electrons. The molecule has 2 atom stereocenters. The number of nitrogens with zero attached hydrogens (tertiary/aromatic N) is 3. The van der Waals surface area contributed by atoms with Crippen LogP contribution < -0.4 is 10.6 Å². The molecular formula is C30H37N5OS. The molecule has 0 bridgehead atoms. The minimum Gasteiger partial charge on any atom is -0.352 e. The first-order valence-corrected chi connectivity index (χ1v) is 13.9. The van der Waals surface area contributed by atoms with Gasteiger partial charge < -0.3 is 20.1 Å². The number of carbonyl (C=O) groups is 1. The lowest BCUT2D eigenvalue weighted by atomic mass is 9.94. The summed E-state index contributed by atoms with van der Waals surface area (Å²) >= 11 is 5.85. The van der Waals surface area contributed by atoms with E-state index in [4.69, 9.17) is 12.2 Å². The van der Waals surface area contributed by atoms with E-state index in [9.17, 15) is 4.79 Å². The van der Waals surface area contributed by atoms with Crippen LogP contribution in [0.3, 0.4) is 0 Å². The molecule has 1 aliphatic carbocycles. The van der Waals surface area contributed by atoms with Crippen molar-refractivity contribution >= 4 is 28.9 Å². The Hall–Kier alpha value is -3.19. The Morgan fingerprint density at radius 3 is 2.57 bits per heavy atom. The van der Waals surface area contributed by atoms with E-state index >= 15 is 0 Å². The van der Waals surface area contributed by atoms with Crippen LogP contribution in [0.2, 0.25) is 0 Å². The summed E-state index contributed by atoms with van der Waals surface area (Å²) in [5.41, 5.74) is 6.74. The quantitative estimate of drug-likeness (QED) is 0.361. The molecule has 37 heavy (non-hydrogen) atoms. The summed E-state index contributed by atoms with van der Waals surface area (Å²) in [6.45, 7) is 7.01. The minimum absolute atomic E-state index is 0.00943. The Labute approximate surface area is 225 Å². The maximum absolute atomic E-state index is 12.9. The maximum Gasteiger partial charge on any atom is 0.226 e. The molecular weight excluding hydrogens is 478 g/mol. The first-order valence-electron chi connectivity index (χ1n) is 13.5. The third-order valence-electron chi connectivity index (χ3n) is 7.98. The van der Waals surface area contributed by atoms with E-state index in [1.54, 1.807) is 0 Å². The molecule has 2 aromatic heterocycles. The number of aryl methyl sites for hydroxylation is 2. The first kappa shape index (κ1) is 25.5. The number of amides is 1. The summed E-state index contributed by atoms with van der Waals surface area (Å²) in [7, 11) is 0. The summed E-state index contributed by atoms with van der Waals surface area (Å²) in [5, 5.41) is 7.28. The standard InChI is InChI=1S/C30H37N5OS/c1-20-11-7-8-14-25(20)32-27(36)16-18-34-29(28(33-30(34)37)26-15-9-10-17-31-26)24-19-21(2)35(22(24)3)23-12-5-4-6-13-23/h7-11,14-15,17,19,23,28-29H,4-6,12-13,16,18H2,1-3H3,(H,32,36)(H,33,37)/t28-,29+/m1/s1. The van der Waals surface area contributed by atoms with Crippen molar-refractivity contribution in [1.82, 2.24) is 19.8 Å². The predicted octanol–water partition coefficient (Wildman–Crippen LogP) is 6.31. The molecule has 194 valence electrons. The van der Waals surface area contributed by atoms with Gasteiger partial charge in [0.1, 0.15) is 0 Å². The van der Waals surface area contributed by atoms with Gasteiger partial charge in [-0.05, 0) is 81.2 Å². The lowest BCUT2D eigenvalue weighted by Crippen LogP contribution is -2.33. The lowest BCUT2D eigenvalue weighted by Gasteiger charge is -2.29.